The van der Waals surface area contributed by atoms with Crippen LogP contribution in [-0.2, 0) is 0 Å². The monoisotopic (exact) mass is 333 g/mol. The molecule has 116 valence electrons. The smallest absolute Gasteiger partial charge is 0.258 e. The molecule has 24 heavy (non-hydrogen) atoms. The summed E-state index contributed by atoms with van der Waals surface area (Å²) < 4.78 is 0. The van der Waals surface area contributed by atoms with Crippen molar-refractivity contribution in [2.24, 2.45) is 15.9 Å². The fourth-order valence-corrected chi connectivity index (χ4v) is 4.63. The lowest BCUT2D eigenvalue weighted by Gasteiger charge is -2.21. The van der Waals surface area contributed by atoms with Crippen molar-refractivity contribution < 1.29 is 4.92 Å². The molecule has 1 atom stereocenters. The van der Waals surface area contributed by atoms with Crippen LogP contribution in [0.2, 0.25) is 0 Å². The van der Waals surface area contributed by atoms with Gasteiger partial charge in [0.2, 0.25) is 0 Å². The van der Waals surface area contributed by atoms with Gasteiger partial charge in [0.25, 0.3) is 0 Å². The van der Waals surface area contributed by atoms with E-state index in [1.807, 2.05) is 12.1 Å². The molecule has 0 fully saturated rings. The zero-order valence-electron chi connectivity index (χ0n) is 12.7. The molecule has 2 heterocycles. The van der Waals surface area contributed by atoms with Crippen LogP contribution in [0.1, 0.15) is 17.4 Å². The van der Waals surface area contributed by atoms with Gasteiger partial charge in [-0.2, -0.15) is 0 Å². The first-order valence-electron chi connectivity index (χ1n) is 7.60. The highest BCUT2D eigenvalue weighted by atomic mass is 32.1. The minimum Gasteiger partial charge on any atom is -0.258 e. The normalized spacial score (nSPS) is 20.0. The van der Waals surface area contributed by atoms with Gasteiger partial charge in [-0.3, -0.25) is 10.1 Å². The molecule has 0 saturated carbocycles. The molecule has 0 saturated heterocycles. The zero-order chi connectivity index (χ0) is 16.4. The predicted octanol–water partition coefficient (Wildman–Crippen LogP) is 2.60. The maximum Gasteiger partial charge on any atom is 0.324 e. The second-order valence-electron chi connectivity index (χ2n) is 5.97. The number of allylic oxidation sites excluding steroid dienone is 1. The molecule has 0 N–H and O–H groups in total. The van der Waals surface area contributed by atoms with Crippen LogP contribution in [0.3, 0.4) is 0 Å². The fourth-order valence-electron chi connectivity index (χ4n) is 3.70. The molecule has 5 rings (SSSR count). The Balaban J connectivity index is 1.76. The Kier molecular flexibility index (Phi) is 2.59. The van der Waals surface area contributed by atoms with Crippen molar-refractivity contribution in [3.8, 4) is 0 Å². The summed E-state index contributed by atoms with van der Waals surface area (Å²) in [7, 11) is 0. The summed E-state index contributed by atoms with van der Waals surface area (Å²) in [5, 5.41) is 13.5. The third kappa shape index (κ3) is 1.63. The molecule has 0 amide bonds. The molecule has 1 unspecified atom stereocenters. The van der Waals surface area contributed by atoms with Gasteiger partial charge in [-0.25, -0.2) is 9.98 Å². The fraction of sp³-hybridized carbons (Fsp3) is 0.111. The zero-order valence-corrected chi connectivity index (χ0v) is 13.5. The Bertz CT molecular complexity index is 1150. The maximum atomic E-state index is 11.0. The summed E-state index contributed by atoms with van der Waals surface area (Å²) in [4.78, 5) is 20.5. The van der Waals surface area contributed by atoms with Gasteiger partial charge in [-0.05, 0) is 34.1 Å². The molecule has 1 aromatic heterocycles. The third-order valence-electron chi connectivity index (χ3n) is 4.74. The first-order chi connectivity index (χ1) is 11.6. The van der Waals surface area contributed by atoms with Crippen LogP contribution in [-0.4, -0.2) is 17.0 Å². The van der Waals surface area contributed by atoms with Gasteiger partial charge >= 0.3 is 5.00 Å². The largest absolute Gasteiger partial charge is 0.324 e. The average molecular weight is 333 g/mol. The minimum absolute atomic E-state index is 0.120. The second-order valence-corrected chi connectivity index (χ2v) is 7.03. The van der Waals surface area contributed by atoms with E-state index in [9.17, 15) is 10.1 Å². The van der Waals surface area contributed by atoms with Gasteiger partial charge in [0.1, 0.15) is 6.34 Å². The van der Waals surface area contributed by atoms with Crippen molar-refractivity contribution in [2.45, 2.75) is 6.92 Å². The maximum absolute atomic E-state index is 11.0. The summed E-state index contributed by atoms with van der Waals surface area (Å²) in [6.45, 7) is 2.14. The number of fused-ring (bicyclic) bond motifs is 2. The second kappa shape index (κ2) is 4.58. The quantitative estimate of drug-likeness (QED) is 0.626. The molecule has 3 aliphatic rings. The summed E-state index contributed by atoms with van der Waals surface area (Å²) in [6.07, 6.45) is 3.75. The SMILES string of the molecule is CC1C(c2ccc([N+](=O)[O-])s2)=Cc2cccc3c2=C1C1=NC=NC=31. The Morgan fingerprint density at radius 3 is 2.92 bits per heavy atom. The molecule has 2 aliphatic carbocycles. The van der Waals surface area contributed by atoms with Crippen molar-refractivity contribution in [3.63, 3.8) is 0 Å². The van der Waals surface area contributed by atoms with Crippen molar-refractivity contribution >= 4 is 51.3 Å². The molecule has 2 aromatic rings. The number of nitrogens with zero attached hydrogens (tertiary/aromatic N) is 3. The third-order valence-corrected chi connectivity index (χ3v) is 5.83. The Labute approximate surface area is 140 Å². The number of rotatable bonds is 2. The van der Waals surface area contributed by atoms with Crippen LogP contribution >= 0.6 is 11.3 Å². The van der Waals surface area contributed by atoms with Crippen molar-refractivity contribution in [3.05, 3.63) is 61.3 Å². The number of nitro groups is 1. The van der Waals surface area contributed by atoms with Crippen LogP contribution in [0.4, 0.5) is 5.00 Å². The van der Waals surface area contributed by atoms with Crippen molar-refractivity contribution in [1.29, 1.82) is 0 Å². The predicted molar refractivity (Wildman–Crippen MR) is 96.4 cm³/mol. The van der Waals surface area contributed by atoms with E-state index in [1.54, 1.807) is 12.4 Å². The summed E-state index contributed by atoms with van der Waals surface area (Å²) in [6, 6.07) is 9.61. The van der Waals surface area contributed by atoms with E-state index in [-0.39, 0.29) is 15.8 Å². The van der Waals surface area contributed by atoms with Gasteiger partial charge in [0.15, 0.2) is 0 Å². The molecule has 0 radical (unpaired) electrons. The molecule has 1 aliphatic heterocycles. The van der Waals surface area contributed by atoms with Crippen LogP contribution in [0.25, 0.3) is 22.9 Å². The lowest BCUT2D eigenvalue weighted by Crippen LogP contribution is -2.30. The highest BCUT2D eigenvalue weighted by Crippen LogP contribution is 2.41. The van der Waals surface area contributed by atoms with Crippen molar-refractivity contribution in [1.82, 2.24) is 0 Å². The van der Waals surface area contributed by atoms with Gasteiger partial charge in [0, 0.05) is 22.1 Å². The van der Waals surface area contributed by atoms with Crippen molar-refractivity contribution in [2.75, 3.05) is 0 Å². The van der Waals surface area contributed by atoms with Crippen LogP contribution in [0.5, 0.6) is 0 Å². The van der Waals surface area contributed by atoms with Crippen LogP contribution in [0, 0.1) is 16.0 Å². The molecule has 0 bridgehead atoms. The topological polar surface area (TPSA) is 67.9 Å². The van der Waals surface area contributed by atoms with E-state index in [1.165, 1.54) is 22.1 Å². The Hall–Kier alpha value is -2.86. The number of hydrogen-bond donors (Lipinski definition) is 0. The van der Waals surface area contributed by atoms with E-state index in [0.717, 1.165) is 32.6 Å². The Morgan fingerprint density at radius 2 is 2.12 bits per heavy atom. The lowest BCUT2D eigenvalue weighted by atomic mass is 9.83. The van der Waals surface area contributed by atoms with Gasteiger partial charge < -0.3 is 0 Å². The molecule has 1 aromatic carbocycles. The first kappa shape index (κ1) is 13.6. The van der Waals surface area contributed by atoms with E-state index < -0.39 is 0 Å². The number of benzene rings is 1. The van der Waals surface area contributed by atoms with Gasteiger partial charge in [-0.15, -0.1) is 0 Å². The van der Waals surface area contributed by atoms with Crippen LogP contribution in [0.15, 0.2) is 40.3 Å². The summed E-state index contributed by atoms with van der Waals surface area (Å²) in [5.74, 6) is 0.120. The Morgan fingerprint density at radius 1 is 1.25 bits per heavy atom. The lowest BCUT2D eigenvalue weighted by molar-refractivity contribution is -0.380. The molecule has 5 nitrogen and oxygen atoms in total. The highest BCUT2D eigenvalue weighted by molar-refractivity contribution is 7.16. The molecular formula is C18H11N3O2S. The molecule has 0 spiro atoms. The minimum atomic E-state index is -0.336. The standard InChI is InChI=1S/C18H11N3O2S/c1-9-12(13-5-6-14(24-13)21(22)23)7-10-3-2-4-11-16(10)15(9)18-17(11)19-8-20-18/h2-9H,1H3. The van der Waals surface area contributed by atoms with E-state index in [2.05, 4.69) is 35.1 Å². The molecule has 6 heteroatoms. The first-order valence-corrected chi connectivity index (χ1v) is 8.41. The number of hydrogen-bond acceptors (Lipinski definition) is 5. The van der Waals surface area contributed by atoms with Gasteiger partial charge in [-0.1, -0.05) is 36.5 Å². The van der Waals surface area contributed by atoms with E-state index >= 15 is 0 Å². The van der Waals surface area contributed by atoms with E-state index in [0.29, 0.717) is 0 Å². The highest BCUT2D eigenvalue weighted by Gasteiger charge is 2.33. The summed E-state index contributed by atoms with van der Waals surface area (Å²) >= 11 is 1.22. The number of aliphatic imine (C=N–C) groups is 2. The van der Waals surface area contributed by atoms with Gasteiger partial charge in [0.05, 0.1) is 16.3 Å². The summed E-state index contributed by atoms with van der Waals surface area (Å²) in [5.41, 5.74) is 5.30. The average Bonchev–Trinajstić information content (AvgIpc) is 3.27. The molecular weight excluding hydrogens is 322 g/mol. The van der Waals surface area contributed by atoms with E-state index in [4.69, 9.17) is 0 Å². The number of thiophene rings is 1. The van der Waals surface area contributed by atoms with Crippen LogP contribution < -0.4 is 10.4 Å².